The van der Waals surface area contributed by atoms with Crippen LogP contribution in [0.3, 0.4) is 0 Å². The number of halogens is 2. The average Bonchev–Trinajstić information content (AvgIpc) is 2.64. The lowest BCUT2D eigenvalue weighted by molar-refractivity contribution is 0.477. The number of nitrogens with zero attached hydrogens (tertiary/aromatic N) is 1. The van der Waals surface area contributed by atoms with Crippen LogP contribution >= 0.6 is 0 Å². The topological polar surface area (TPSA) is 12.9 Å². The fraction of sp³-hybridized carbons (Fsp3) is 0.227. The van der Waals surface area contributed by atoms with Gasteiger partial charge in [-0.1, -0.05) is 61.9 Å². The standard InChI is InChI=1S/C22H21F2N/c1-2-3-16-6-10-19(11-7-16)20-12-8-17(9-13-20)4-5-18-14-21(23)22(24)25-15-18/h6-15H,2-5H2,1H3. The summed E-state index contributed by atoms with van der Waals surface area (Å²) in [5.74, 6) is -1.93. The Morgan fingerprint density at radius 1 is 0.720 bits per heavy atom. The smallest absolute Gasteiger partial charge is 0.225 e. The molecule has 1 heterocycles. The number of aryl methyl sites for hydroxylation is 3. The molecule has 0 unspecified atom stereocenters. The van der Waals surface area contributed by atoms with Gasteiger partial charge in [0.25, 0.3) is 0 Å². The van der Waals surface area contributed by atoms with Crippen molar-refractivity contribution in [2.45, 2.75) is 32.6 Å². The summed E-state index contributed by atoms with van der Waals surface area (Å²) in [7, 11) is 0. The van der Waals surface area contributed by atoms with E-state index in [4.69, 9.17) is 0 Å². The zero-order valence-electron chi connectivity index (χ0n) is 14.3. The Hall–Kier alpha value is -2.55. The second kappa shape index (κ2) is 8.02. The van der Waals surface area contributed by atoms with Crippen molar-refractivity contribution >= 4 is 0 Å². The molecule has 0 bridgehead atoms. The molecule has 25 heavy (non-hydrogen) atoms. The van der Waals surface area contributed by atoms with Gasteiger partial charge in [0.05, 0.1) is 0 Å². The SMILES string of the molecule is CCCc1ccc(-c2ccc(CCc3cnc(F)c(F)c3)cc2)cc1. The van der Waals surface area contributed by atoms with Gasteiger partial charge in [-0.15, -0.1) is 0 Å². The third-order valence-corrected chi connectivity index (χ3v) is 4.34. The van der Waals surface area contributed by atoms with Gasteiger partial charge in [-0.05, 0) is 53.1 Å². The van der Waals surface area contributed by atoms with Gasteiger partial charge in [0.1, 0.15) is 0 Å². The van der Waals surface area contributed by atoms with Crippen LogP contribution in [0.15, 0.2) is 60.8 Å². The molecule has 0 aliphatic rings. The van der Waals surface area contributed by atoms with Crippen LogP contribution in [0.5, 0.6) is 0 Å². The van der Waals surface area contributed by atoms with Gasteiger partial charge in [0.15, 0.2) is 5.82 Å². The number of rotatable bonds is 6. The zero-order valence-corrected chi connectivity index (χ0v) is 14.3. The highest BCUT2D eigenvalue weighted by molar-refractivity contribution is 5.64. The molecule has 0 atom stereocenters. The van der Waals surface area contributed by atoms with E-state index in [0.29, 0.717) is 12.0 Å². The maximum atomic E-state index is 13.2. The van der Waals surface area contributed by atoms with Crippen LogP contribution in [0.25, 0.3) is 11.1 Å². The predicted molar refractivity (Wildman–Crippen MR) is 97.4 cm³/mol. The quantitative estimate of drug-likeness (QED) is 0.521. The van der Waals surface area contributed by atoms with Crippen molar-refractivity contribution in [2.24, 2.45) is 0 Å². The third-order valence-electron chi connectivity index (χ3n) is 4.34. The van der Waals surface area contributed by atoms with E-state index in [1.54, 1.807) is 0 Å². The fourth-order valence-corrected chi connectivity index (χ4v) is 2.90. The van der Waals surface area contributed by atoms with Crippen molar-refractivity contribution in [3.63, 3.8) is 0 Å². The summed E-state index contributed by atoms with van der Waals surface area (Å²) >= 11 is 0. The summed E-state index contributed by atoms with van der Waals surface area (Å²) in [6, 6.07) is 18.3. The molecular weight excluding hydrogens is 316 g/mol. The van der Waals surface area contributed by atoms with E-state index < -0.39 is 11.8 Å². The number of pyridine rings is 1. The largest absolute Gasteiger partial charge is 0.248 e. The summed E-state index contributed by atoms with van der Waals surface area (Å²) < 4.78 is 26.0. The first-order valence-electron chi connectivity index (χ1n) is 8.64. The van der Waals surface area contributed by atoms with Gasteiger partial charge in [-0.2, -0.15) is 4.39 Å². The van der Waals surface area contributed by atoms with Crippen molar-refractivity contribution in [1.82, 2.24) is 4.98 Å². The summed E-state index contributed by atoms with van der Waals surface area (Å²) in [6.45, 7) is 2.18. The van der Waals surface area contributed by atoms with Crippen molar-refractivity contribution in [3.05, 3.63) is 89.2 Å². The Labute approximate surface area is 147 Å². The van der Waals surface area contributed by atoms with Crippen LogP contribution in [0, 0.1) is 11.8 Å². The number of hydrogen-bond donors (Lipinski definition) is 0. The molecule has 0 N–H and O–H groups in total. The van der Waals surface area contributed by atoms with Crippen LogP contribution in [-0.2, 0) is 19.3 Å². The Bertz CT molecular complexity index is 824. The third kappa shape index (κ3) is 4.50. The minimum absolute atomic E-state index is 0.634. The Kier molecular flexibility index (Phi) is 5.54. The summed E-state index contributed by atoms with van der Waals surface area (Å²) in [4.78, 5) is 3.42. The van der Waals surface area contributed by atoms with Gasteiger partial charge >= 0.3 is 0 Å². The van der Waals surface area contributed by atoms with E-state index in [1.165, 1.54) is 29.0 Å². The van der Waals surface area contributed by atoms with Crippen molar-refractivity contribution < 1.29 is 8.78 Å². The van der Waals surface area contributed by atoms with Crippen molar-refractivity contribution in [1.29, 1.82) is 0 Å². The van der Waals surface area contributed by atoms with E-state index >= 15 is 0 Å². The second-order valence-electron chi connectivity index (χ2n) is 6.26. The van der Waals surface area contributed by atoms with E-state index in [-0.39, 0.29) is 0 Å². The van der Waals surface area contributed by atoms with E-state index in [2.05, 4.69) is 60.4 Å². The van der Waals surface area contributed by atoms with Crippen LogP contribution in [0.4, 0.5) is 8.78 Å². The van der Waals surface area contributed by atoms with Gasteiger partial charge in [-0.3, -0.25) is 0 Å². The highest BCUT2D eigenvalue weighted by Gasteiger charge is 2.05. The second-order valence-corrected chi connectivity index (χ2v) is 6.26. The molecule has 128 valence electrons. The van der Waals surface area contributed by atoms with Crippen LogP contribution in [0.2, 0.25) is 0 Å². The van der Waals surface area contributed by atoms with Gasteiger partial charge in [0.2, 0.25) is 5.95 Å². The lowest BCUT2D eigenvalue weighted by Gasteiger charge is -2.06. The van der Waals surface area contributed by atoms with Gasteiger partial charge in [-0.25, -0.2) is 9.37 Å². The van der Waals surface area contributed by atoms with Crippen LogP contribution in [-0.4, -0.2) is 4.98 Å². The van der Waals surface area contributed by atoms with Crippen LogP contribution < -0.4 is 0 Å². The monoisotopic (exact) mass is 337 g/mol. The van der Waals surface area contributed by atoms with Gasteiger partial charge in [0, 0.05) is 6.20 Å². The molecule has 0 saturated carbocycles. The molecule has 1 aromatic heterocycles. The zero-order chi connectivity index (χ0) is 17.6. The average molecular weight is 337 g/mol. The maximum absolute atomic E-state index is 13.2. The minimum atomic E-state index is -1.04. The van der Waals surface area contributed by atoms with E-state index in [9.17, 15) is 8.78 Å². The van der Waals surface area contributed by atoms with Gasteiger partial charge < -0.3 is 0 Å². The first-order chi connectivity index (χ1) is 12.2. The Morgan fingerprint density at radius 2 is 1.24 bits per heavy atom. The number of aromatic nitrogens is 1. The molecule has 0 saturated heterocycles. The highest BCUT2D eigenvalue weighted by Crippen LogP contribution is 2.21. The van der Waals surface area contributed by atoms with E-state index in [0.717, 1.165) is 24.8 Å². The Balaban J connectivity index is 1.64. The molecule has 0 spiro atoms. The molecule has 3 aromatic rings. The predicted octanol–water partition coefficient (Wildman–Crippen LogP) is 5.76. The lowest BCUT2D eigenvalue weighted by Crippen LogP contribution is -1.96. The first-order valence-corrected chi connectivity index (χ1v) is 8.64. The summed E-state index contributed by atoms with van der Waals surface area (Å²) in [5, 5.41) is 0. The Morgan fingerprint density at radius 3 is 1.76 bits per heavy atom. The normalized spacial score (nSPS) is 10.8. The highest BCUT2D eigenvalue weighted by atomic mass is 19.2. The minimum Gasteiger partial charge on any atom is -0.225 e. The van der Waals surface area contributed by atoms with Crippen molar-refractivity contribution in [2.75, 3.05) is 0 Å². The molecule has 0 fully saturated rings. The van der Waals surface area contributed by atoms with Crippen molar-refractivity contribution in [3.8, 4) is 11.1 Å². The fourth-order valence-electron chi connectivity index (χ4n) is 2.90. The molecular formula is C22H21F2N. The molecule has 3 heteroatoms. The molecule has 0 amide bonds. The molecule has 0 aliphatic carbocycles. The summed E-state index contributed by atoms with van der Waals surface area (Å²) in [6.07, 6.45) is 5.06. The lowest BCUT2D eigenvalue weighted by atomic mass is 9.99. The molecule has 1 nitrogen and oxygen atoms in total. The number of benzene rings is 2. The molecule has 2 aromatic carbocycles. The van der Waals surface area contributed by atoms with E-state index in [1.807, 2.05) is 0 Å². The molecule has 0 radical (unpaired) electrons. The van der Waals surface area contributed by atoms with Crippen LogP contribution in [0.1, 0.15) is 30.0 Å². The molecule has 3 rings (SSSR count). The summed E-state index contributed by atoms with van der Waals surface area (Å²) in [5.41, 5.74) is 5.62. The molecule has 0 aliphatic heterocycles. The number of hydrogen-bond acceptors (Lipinski definition) is 1. The maximum Gasteiger partial charge on any atom is 0.248 e. The first kappa shape index (κ1) is 17.3.